The second-order valence-corrected chi connectivity index (χ2v) is 8.22. The van der Waals surface area contributed by atoms with Crippen molar-refractivity contribution in [1.82, 2.24) is 15.1 Å². The molecule has 1 aliphatic heterocycles. The molecule has 1 aromatic carbocycles. The molecular weight excluding hydrogens is 350 g/mol. The van der Waals surface area contributed by atoms with Gasteiger partial charge < -0.3 is 9.80 Å². The van der Waals surface area contributed by atoms with Gasteiger partial charge in [-0.1, -0.05) is 24.6 Å². The van der Waals surface area contributed by atoms with Crippen LogP contribution in [0.5, 0.6) is 0 Å². The number of hydrogen-bond donors (Lipinski definition) is 1. The Morgan fingerprint density at radius 2 is 1.77 bits per heavy atom. The van der Waals surface area contributed by atoms with Crippen molar-refractivity contribution >= 4 is 21.7 Å². The SMILES string of the molecule is CCN1CCN(c2ccc(NS(=O)(=O)c3ccc(C)cc3C)nn2)CC1. The van der Waals surface area contributed by atoms with Crippen LogP contribution in [0.2, 0.25) is 0 Å². The third-order valence-corrected chi connectivity index (χ3v) is 6.17. The quantitative estimate of drug-likeness (QED) is 0.862. The van der Waals surface area contributed by atoms with E-state index in [2.05, 4.69) is 31.6 Å². The normalized spacial score (nSPS) is 15.9. The Balaban J connectivity index is 1.71. The molecule has 0 saturated carbocycles. The van der Waals surface area contributed by atoms with Crippen LogP contribution in [0.1, 0.15) is 18.1 Å². The molecule has 2 heterocycles. The minimum atomic E-state index is -3.68. The van der Waals surface area contributed by atoms with E-state index in [1.165, 1.54) is 0 Å². The molecule has 0 spiro atoms. The molecule has 8 heteroatoms. The van der Waals surface area contributed by atoms with Crippen molar-refractivity contribution in [2.75, 3.05) is 42.3 Å². The number of rotatable bonds is 5. The number of anilines is 2. The number of aromatic nitrogens is 2. The Kier molecular flexibility index (Phi) is 5.43. The summed E-state index contributed by atoms with van der Waals surface area (Å²) >= 11 is 0. The number of benzene rings is 1. The first kappa shape index (κ1) is 18.6. The third kappa shape index (κ3) is 4.13. The lowest BCUT2D eigenvalue weighted by molar-refractivity contribution is 0.270. The van der Waals surface area contributed by atoms with Gasteiger partial charge >= 0.3 is 0 Å². The van der Waals surface area contributed by atoms with E-state index < -0.39 is 10.0 Å². The summed E-state index contributed by atoms with van der Waals surface area (Å²) < 4.78 is 27.7. The van der Waals surface area contributed by atoms with E-state index in [0.717, 1.165) is 44.1 Å². The van der Waals surface area contributed by atoms with Crippen LogP contribution < -0.4 is 9.62 Å². The first-order valence-corrected chi connectivity index (χ1v) is 10.3. The standard InChI is InChI=1S/C18H25N5O2S/c1-4-22-9-11-23(12-10-22)18-8-7-17(19-20-18)21-26(24,25)16-6-5-14(2)13-15(16)3/h5-8,13H,4,9-12H2,1-3H3,(H,19,21). The highest BCUT2D eigenvalue weighted by Crippen LogP contribution is 2.20. The number of piperazine rings is 1. The van der Waals surface area contributed by atoms with Crippen LogP contribution in [0.25, 0.3) is 0 Å². The van der Waals surface area contributed by atoms with Gasteiger partial charge in [0.15, 0.2) is 11.6 Å². The monoisotopic (exact) mass is 375 g/mol. The Morgan fingerprint density at radius 3 is 2.35 bits per heavy atom. The summed E-state index contributed by atoms with van der Waals surface area (Å²) in [5.41, 5.74) is 1.73. The minimum absolute atomic E-state index is 0.223. The Morgan fingerprint density at radius 1 is 1.04 bits per heavy atom. The Labute approximate surface area is 155 Å². The Bertz CT molecular complexity index is 860. The molecule has 1 fully saturated rings. The van der Waals surface area contributed by atoms with Gasteiger partial charge in [0.05, 0.1) is 4.90 Å². The van der Waals surface area contributed by atoms with Crippen molar-refractivity contribution in [2.24, 2.45) is 0 Å². The number of aryl methyl sites for hydroxylation is 2. The molecule has 26 heavy (non-hydrogen) atoms. The predicted molar refractivity (Wildman–Crippen MR) is 103 cm³/mol. The van der Waals surface area contributed by atoms with Gasteiger partial charge in [-0.3, -0.25) is 4.72 Å². The molecule has 0 radical (unpaired) electrons. The van der Waals surface area contributed by atoms with Gasteiger partial charge in [-0.2, -0.15) is 0 Å². The summed E-state index contributed by atoms with van der Waals surface area (Å²) in [6, 6.07) is 8.72. The molecule has 2 aromatic rings. The van der Waals surface area contributed by atoms with Gasteiger partial charge in [0.2, 0.25) is 0 Å². The number of nitrogens with zero attached hydrogens (tertiary/aromatic N) is 4. The van der Waals surface area contributed by atoms with Gasteiger partial charge in [0.1, 0.15) is 0 Å². The molecule has 0 amide bonds. The molecule has 3 rings (SSSR count). The molecule has 1 saturated heterocycles. The van der Waals surface area contributed by atoms with Crippen molar-refractivity contribution in [3.05, 3.63) is 41.5 Å². The minimum Gasteiger partial charge on any atom is -0.353 e. The van der Waals surface area contributed by atoms with E-state index in [1.807, 2.05) is 19.1 Å². The van der Waals surface area contributed by atoms with Crippen molar-refractivity contribution in [3.63, 3.8) is 0 Å². The summed E-state index contributed by atoms with van der Waals surface area (Å²) in [5.74, 6) is 0.996. The van der Waals surface area contributed by atoms with Crippen molar-refractivity contribution in [2.45, 2.75) is 25.7 Å². The largest absolute Gasteiger partial charge is 0.353 e. The lowest BCUT2D eigenvalue weighted by Gasteiger charge is -2.34. The highest BCUT2D eigenvalue weighted by molar-refractivity contribution is 7.92. The van der Waals surface area contributed by atoms with E-state index >= 15 is 0 Å². The maximum absolute atomic E-state index is 12.6. The van der Waals surface area contributed by atoms with E-state index in [0.29, 0.717) is 5.56 Å². The molecule has 7 nitrogen and oxygen atoms in total. The lowest BCUT2D eigenvalue weighted by Crippen LogP contribution is -2.46. The number of likely N-dealkylation sites (N-methyl/N-ethyl adjacent to an activating group) is 1. The summed E-state index contributed by atoms with van der Waals surface area (Å²) in [5, 5.41) is 8.25. The van der Waals surface area contributed by atoms with E-state index in [-0.39, 0.29) is 10.7 Å². The van der Waals surface area contributed by atoms with Gasteiger partial charge in [0, 0.05) is 26.2 Å². The predicted octanol–water partition coefficient (Wildman–Crippen LogP) is 2.04. The smallest absolute Gasteiger partial charge is 0.263 e. The van der Waals surface area contributed by atoms with Crippen LogP contribution in [0.3, 0.4) is 0 Å². The molecule has 0 atom stereocenters. The molecule has 0 aliphatic carbocycles. The fourth-order valence-corrected chi connectivity index (χ4v) is 4.36. The van der Waals surface area contributed by atoms with Crippen LogP contribution in [-0.2, 0) is 10.0 Å². The molecule has 140 valence electrons. The van der Waals surface area contributed by atoms with Crippen LogP contribution in [0, 0.1) is 13.8 Å². The first-order chi connectivity index (χ1) is 12.4. The summed E-state index contributed by atoms with van der Waals surface area (Å²) in [7, 11) is -3.68. The number of nitrogens with one attached hydrogen (secondary N) is 1. The van der Waals surface area contributed by atoms with E-state index in [4.69, 9.17) is 0 Å². The second kappa shape index (κ2) is 7.59. The molecule has 0 bridgehead atoms. The first-order valence-electron chi connectivity index (χ1n) is 8.80. The van der Waals surface area contributed by atoms with Crippen LogP contribution >= 0.6 is 0 Å². The molecule has 1 aromatic heterocycles. The zero-order chi connectivity index (χ0) is 18.7. The molecule has 0 unspecified atom stereocenters. The zero-order valence-electron chi connectivity index (χ0n) is 15.4. The zero-order valence-corrected chi connectivity index (χ0v) is 16.3. The highest BCUT2D eigenvalue weighted by Gasteiger charge is 2.19. The number of sulfonamides is 1. The fraction of sp³-hybridized carbons (Fsp3) is 0.444. The molecular formula is C18H25N5O2S. The second-order valence-electron chi connectivity index (χ2n) is 6.57. The van der Waals surface area contributed by atoms with Crippen molar-refractivity contribution < 1.29 is 8.42 Å². The number of hydrogen-bond acceptors (Lipinski definition) is 6. The highest BCUT2D eigenvalue weighted by atomic mass is 32.2. The van der Waals surface area contributed by atoms with E-state index in [1.54, 1.807) is 25.1 Å². The summed E-state index contributed by atoms with van der Waals surface area (Å²) in [4.78, 5) is 4.81. The van der Waals surface area contributed by atoms with E-state index in [9.17, 15) is 8.42 Å². The van der Waals surface area contributed by atoms with Crippen LogP contribution in [0.4, 0.5) is 11.6 Å². The van der Waals surface area contributed by atoms with Gasteiger partial charge in [0.25, 0.3) is 10.0 Å². The lowest BCUT2D eigenvalue weighted by atomic mass is 10.2. The van der Waals surface area contributed by atoms with Crippen LogP contribution in [0.15, 0.2) is 35.2 Å². The van der Waals surface area contributed by atoms with Crippen molar-refractivity contribution in [1.29, 1.82) is 0 Å². The average Bonchev–Trinajstić information content (AvgIpc) is 2.62. The average molecular weight is 375 g/mol. The maximum Gasteiger partial charge on any atom is 0.263 e. The topological polar surface area (TPSA) is 78.4 Å². The fourth-order valence-electron chi connectivity index (χ4n) is 3.14. The third-order valence-electron chi connectivity index (χ3n) is 4.65. The summed E-state index contributed by atoms with van der Waals surface area (Å²) in [6.07, 6.45) is 0. The van der Waals surface area contributed by atoms with Crippen LogP contribution in [-0.4, -0.2) is 56.2 Å². The van der Waals surface area contributed by atoms with Crippen molar-refractivity contribution in [3.8, 4) is 0 Å². The van der Waals surface area contributed by atoms with Gasteiger partial charge in [-0.05, 0) is 44.2 Å². The molecule has 1 N–H and O–H groups in total. The summed E-state index contributed by atoms with van der Waals surface area (Å²) in [6.45, 7) is 10.7. The van der Waals surface area contributed by atoms with Gasteiger partial charge in [-0.25, -0.2) is 8.42 Å². The van der Waals surface area contributed by atoms with Gasteiger partial charge in [-0.15, -0.1) is 10.2 Å². The molecule has 1 aliphatic rings. The maximum atomic E-state index is 12.6. The Hall–Kier alpha value is -2.19.